The van der Waals surface area contributed by atoms with E-state index >= 15 is 0 Å². The van der Waals surface area contributed by atoms with Crippen molar-refractivity contribution in [3.8, 4) is 5.75 Å². The molecule has 2 aromatic heterocycles. The highest BCUT2D eigenvalue weighted by atomic mass is 79.9. The van der Waals surface area contributed by atoms with Crippen molar-refractivity contribution in [1.29, 1.82) is 0 Å². The van der Waals surface area contributed by atoms with Crippen molar-refractivity contribution in [1.82, 2.24) is 19.6 Å². The maximum atomic E-state index is 5.74. The van der Waals surface area contributed by atoms with Gasteiger partial charge in [0.2, 0.25) is 0 Å². The highest BCUT2D eigenvalue weighted by molar-refractivity contribution is 9.10. The minimum Gasteiger partial charge on any atom is -0.471 e. The zero-order chi connectivity index (χ0) is 23.4. The van der Waals surface area contributed by atoms with Crippen LogP contribution in [0.4, 0.5) is 11.4 Å². The molecule has 0 saturated heterocycles. The molecule has 2 aromatic carbocycles. The van der Waals surface area contributed by atoms with E-state index in [0.29, 0.717) is 18.4 Å². The van der Waals surface area contributed by atoms with Crippen LogP contribution in [-0.4, -0.2) is 24.7 Å². The highest BCUT2D eigenvalue weighted by Gasteiger charge is 2.13. The van der Waals surface area contributed by atoms with Crippen LogP contribution >= 0.6 is 28.1 Å². The largest absolute Gasteiger partial charge is 0.471 e. The van der Waals surface area contributed by atoms with Gasteiger partial charge in [-0.15, -0.1) is 0 Å². The molecule has 7 nitrogen and oxygen atoms in total. The van der Waals surface area contributed by atoms with Crippen molar-refractivity contribution in [2.45, 2.75) is 34.0 Å². The zero-order valence-corrected chi connectivity index (χ0v) is 21.1. The lowest BCUT2D eigenvalue weighted by molar-refractivity contribution is 0.221. The number of hydrogen-bond acceptors (Lipinski definition) is 4. The van der Waals surface area contributed by atoms with E-state index in [2.05, 4.69) is 68.0 Å². The first-order valence-corrected chi connectivity index (χ1v) is 11.7. The molecule has 9 heteroatoms. The SMILES string of the molecule is Cc1ccc(Cn2nc(C)c(NC(=S)Nc3cnn(COc4ccc(Br)cc4)c3)c2C)cc1. The molecule has 0 spiro atoms. The van der Waals surface area contributed by atoms with Crippen LogP contribution in [-0.2, 0) is 13.3 Å². The molecule has 2 heterocycles. The molecule has 0 unspecified atom stereocenters. The molecule has 0 aliphatic rings. The second kappa shape index (κ2) is 10.2. The Morgan fingerprint density at radius 2 is 1.76 bits per heavy atom. The average molecular weight is 525 g/mol. The molecule has 0 aliphatic heterocycles. The van der Waals surface area contributed by atoms with Crippen molar-refractivity contribution in [2.24, 2.45) is 0 Å². The van der Waals surface area contributed by atoms with Gasteiger partial charge in [-0.05, 0) is 62.8 Å². The van der Waals surface area contributed by atoms with Gasteiger partial charge in [0.1, 0.15) is 5.75 Å². The van der Waals surface area contributed by atoms with Gasteiger partial charge in [-0.1, -0.05) is 45.8 Å². The predicted octanol–water partition coefficient (Wildman–Crippen LogP) is 5.66. The molecule has 0 aliphatic carbocycles. The average Bonchev–Trinajstić information content (AvgIpc) is 3.34. The Hall–Kier alpha value is -3.17. The maximum absolute atomic E-state index is 5.74. The topological polar surface area (TPSA) is 68.9 Å². The third-order valence-electron chi connectivity index (χ3n) is 5.14. The molecule has 4 aromatic rings. The number of aryl methyl sites for hydroxylation is 2. The van der Waals surface area contributed by atoms with E-state index in [9.17, 15) is 0 Å². The fraction of sp³-hybridized carbons (Fsp3) is 0.208. The molecule has 0 amide bonds. The first-order chi connectivity index (χ1) is 15.9. The molecule has 0 bridgehead atoms. The maximum Gasteiger partial charge on any atom is 0.180 e. The number of aromatic nitrogens is 4. The number of nitrogens with zero attached hydrogens (tertiary/aromatic N) is 4. The normalized spacial score (nSPS) is 10.8. The summed E-state index contributed by atoms with van der Waals surface area (Å²) in [5.74, 6) is 0.772. The van der Waals surface area contributed by atoms with E-state index in [1.807, 2.05) is 49.0 Å². The third-order valence-corrected chi connectivity index (χ3v) is 5.87. The summed E-state index contributed by atoms with van der Waals surface area (Å²) < 4.78 is 10.4. The first-order valence-electron chi connectivity index (χ1n) is 10.5. The Morgan fingerprint density at radius 3 is 2.48 bits per heavy atom. The molecular weight excluding hydrogens is 500 g/mol. The minimum atomic E-state index is 0.299. The molecule has 0 saturated carbocycles. The van der Waals surface area contributed by atoms with Gasteiger partial charge in [0.05, 0.1) is 41.7 Å². The van der Waals surface area contributed by atoms with Crippen LogP contribution in [0.2, 0.25) is 0 Å². The molecule has 2 N–H and O–H groups in total. The van der Waals surface area contributed by atoms with Gasteiger partial charge in [-0.25, -0.2) is 4.68 Å². The van der Waals surface area contributed by atoms with Crippen LogP contribution in [0.3, 0.4) is 0 Å². The smallest absolute Gasteiger partial charge is 0.180 e. The number of hydrogen-bond donors (Lipinski definition) is 2. The quantitative estimate of drug-likeness (QED) is 0.304. The summed E-state index contributed by atoms with van der Waals surface area (Å²) in [6.45, 7) is 7.10. The number of benzene rings is 2. The predicted molar refractivity (Wildman–Crippen MR) is 139 cm³/mol. The molecule has 170 valence electrons. The van der Waals surface area contributed by atoms with Crippen LogP contribution in [0.25, 0.3) is 0 Å². The molecular formula is C24H25BrN6OS. The summed E-state index contributed by atoms with van der Waals surface area (Å²) in [4.78, 5) is 0. The summed E-state index contributed by atoms with van der Waals surface area (Å²) in [6, 6.07) is 16.1. The van der Waals surface area contributed by atoms with Crippen molar-refractivity contribution in [2.75, 3.05) is 10.6 Å². The fourth-order valence-electron chi connectivity index (χ4n) is 3.34. The summed E-state index contributed by atoms with van der Waals surface area (Å²) in [5.41, 5.74) is 6.04. The van der Waals surface area contributed by atoms with Crippen molar-refractivity contribution in [3.63, 3.8) is 0 Å². The monoisotopic (exact) mass is 524 g/mol. The lowest BCUT2D eigenvalue weighted by Gasteiger charge is -2.10. The Bertz CT molecular complexity index is 1250. The molecule has 0 atom stereocenters. The van der Waals surface area contributed by atoms with Crippen LogP contribution in [0.15, 0.2) is 65.4 Å². The third kappa shape index (κ3) is 6.00. The first kappa shape index (κ1) is 23.0. The summed E-state index contributed by atoms with van der Waals surface area (Å²) in [6.07, 6.45) is 3.55. The molecule has 0 fully saturated rings. The number of halogens is 1. The van der Waals surface area contributed by atoms with Gasteiger partial charge in [0, 0.05) is 4.47 Å². The van der Waals surface area contributed by atoms with Gasteiger partial charge in [0.15, 0.2) is 11.8 Å². The number of ether oxygens (including phenoxy) is 1. The Balaban J connectivity index is 1.34. The van der Waals surface area contributed by atoms with E-state index in [1.165, 1.54) is 11.1 Å². The van der Waals surface area contributed by atoms with Gasteiger partial charge < -0.3 is 15.4 Å². The minimum absolute atomic E-state index is 0.299. The Morgan fingerprint density at radius 1 is 1.03 bits per heavy atom. The number of anilines is 2. The molecule has 33 heavy (non-hydrogen) atoms. The van der Waals surface area contributed by atoms with E-state index < -0.39 is 0 Å². The van der Waals surface area contributed by atoms with Crippen LogP contribution in [0.1, 0.15) is 22.5 Å². The van der Waals surface area contributed by atoms with Crippen LogP contribution in [0, 0.1) is 20.8 Å². The summed E-state index contributed by atoms with van der Waals surface area (Å²) in [7, 11) is 0. The Labute approximate surface area is 206 Å². The number of nitrogens with one attached hydrogen (secondary N) is 2. The van der Waals surface area contributed by atoms with Gasteiger partial charge in [0.25, 0.3) is 0 Å². The van der Waals surface area contributed by atoms with E-state index in [1.54, 1.807) is 10.9 Å². The lowest BCUT2D eigenvalue weighted by Crippen LogP contribution is -2.19. The van der Waals surface area contributed by atoms with Gasteiger partial charge in [-0.2, -0.15) is 10.2 Å². The van der Waals surface area contributed by atoms with Crippen LogP contribution < -0.4 is 15.4 Å². The van der Waals surface area contributed by atoms with E-state index in [4.69, 9.17) is 17.0 Å². The van der Waals surface area contributed by atoms with Crippen molar-refractivity contribution < 1.29 is 4.74 Å². The summed E-state index contributed by atoms with van der Waals surface area (Å²) in [5, 5.41) is 15.9. The molecule has 0 radical (unpaired) electrons. The van der Waals surface area contributed by atoms with Crippen molar-refractivity contribution in [3.05, 3.63) is 87.9 Å². The van der Waals surface area contributed by atoms with E-state index in [0.717, 1.165) is 33.0 Å². The second-order valence-corrected chi connectivity index (χ2v) is 9.09. The van der Waals surface area contributed by atoms with Gasteiger partial charge >= 0.3 is 0 Å². The standard InChI is InChI=1S/C24H25BrN6OS/c1-16-4-6-19(7-5-16)13-31-18(3)23(17(2)29-31)28-24(33)27-21-12-26-30(14-21)15-32-22-10-8-20(25)9-11-22/h4-12,14H,13,15H2,1-3H3,(H2,27,28,33). The Kier molecular flexibility index (Phi) is 7.10. The number of rotatable bonds is 7. The molecule has 4 rings (SSSR count). The lowest BCUT2D eigenvalue weighted by atomic mass is 10.1. The van der Waals surface area contributed by atoms with Gasteiger partial charge in [-0.3, -0.25) is 4.68 Å². The second-order valence-electron chi connectivity index (χ2n) is 7.76. The fourth-order valence-corrected chi connectivity index (χ4v) is 3.83. The number of thiocarbonyl (C=S) groups is 1. The van der Waals surface area contributed by atoms with Crippen molar-refractivity contribution >= 4 is 44.6 Å². The van der Waals surface area contributed by atoms with Crippen LogP contribution in [0.5, 0.6) is 5.75 Å². The zero-order valence-electron chi connectivity index (χ0n) is 18.7. The van der Waals surface area contributed by atoms with E-state index in [-0.39, 0.29) is 0 Å². The highest BCUT2D eigenvalue weighted by Crippen LogP contribution is 2.21. The summed E-state index contributed by atoms with van der Waals surface area (Å²) >= 11 is 8.93.